The fourth-order valence-electron chi connectivity index (χ4n) is 3.70. The molecule has 0 unspecified atom stereocenters. The van der Waals surface area contributed by atoms with Crippen LogP contribution in [0.3, 0.4) is 0 Å². The van der Waals surface area contributed by atoms with E-state index in [0.29, 0.717) is 17.6 Å². The predicted molar refractivity (Wildman–Crippen MR) is 83.5 cm³/mol. The Bertz CT molecular complexity index is 545. The molecule has 21 heavy (non-hydrogen) atoms. The van der Waals surface area contributed by atoms with Gasteiger partial charge in [-0.2, -0.15) is 0 Å². The first kappa shape index (κ1) is 14.3. The monoisotopic (exact) mass is 288 g/mol. The molecule has 2 atom stereocenters. The van der Waals surface area contributed by atoms with Gasteiger partial charge in [0.25, 0.3) is 5.91 Å². The van der Waals surface area contributed by atoms with Gasteiger partial charge in [0.15, 0.2) is 0 Å². The van der Waals surface area contributed by atoms with Crippen molar-refractivity contribution in [2.45, 2.75) is 45.2 Å². The lowest BCUT2D eigenvalue weighted by Gasteiger charge is -2.28. The van der Waals surface area contributed by atoms with Gasteiger partial charge in [-0.15, -0.1) is 0 Å². The summed E-state index contributed by atoms with van der Waals surface area (Å²) in [6, 6.07) is 5.07. The summed E-state index contributed by atoms with van der Waals surface area (Å²) < 4.78 is 0. The highest BCUT2D eigenvalue weighted by atomic mass is 16.1. The molecule has 5 heteroatoms. The summed E-state index contributed by atoms with van der Waals surface area (Å²) in [5.74, 6) is 0.559. The summed E-state index contributed by atoms with van der Waals surface area (Å²) >= 11 is 0. The van der Waals surface area contributed by atoms with Crippen LogP contribution in [0.4, 0.5) is 5.82 Å². The molecule has 2 N–H and O–H groups in total. The number of carbonyl (C=O) groups is 1. The normalized spacial score (nSPS) is 26.5. The van der Waals surface area contributed by atoms with E-state index >= 15 is 0 Å². The summed E-state index contributed by atoms with van der Waals surface area (Å²) in [6.45, 7) is 7.48. The van der Waals surface area contributed by atoms with Crippen molar-refractivity contribution in [1.29, 1.82) is 0 Å². The highest BCUT2D eigenvalue weighted by Crippen LogP contribution is 2.27. The first-order valence-electron chi connectivity index (χ1n) is 7.84. The predicted octanol–water partition coefficient (Wildman–Crippen LogP) is 1.55. The minimum Gasteiger partial charge on any atom is -0.366 e. The van der Waals surface area contributed by atoms with Gasteiger partial charge in [0.2, 0.25) is 0 Å². The van der Waals surface area contributed by atoms with Gasteiger partial charge in [-0.25, -0.2) is 4.98 Å². The van der Waals surface area contributed by atoms with Crippen molar-refractivity contribution in [2.24, 2.45) is 5.73 Å². The Balaban J connectivity index is 1.71. The molecule has 0 spiro atoms. The number of pyridine rings is 1. The Morgan fingerprint density at radius 1 is 1.33 bits per heavy atom. The number of likely N-dealkylation sites (tertiary alicyclic amines) is 1. The Morgan fingerprint density at radius 2 is 2.14 bits per heavy atom. The lowest BCUT2D eigenvalue weighted by molar-refractivity contribution is 0.0999. The number of rotatable bonds is 3. The van der Waals surface area contributed by atoms with Gasteiger partial charge in [-0.05, 0) is 51.8 Å². The lowest BCUT2D eigenvalue weighted by Crippen LogP contribution is -2.39. The summed E-state index contributed by atoms with van der Waals surface area (Å²) in [5, 5.41) is 0. The van der Waals surface area contributed by atoms with Crippen molar-refractivity contribution >= 4 is 11.7 Å². The SMILES string of the molecule is Cc1nc(N2CC[C@@H](N3CCC[C@@H]3C)C2)ccc1C(N)=O. The van der Waals surface area contributed by atoms with Crippen LogP contribution in [0.25, 0.3) is 0 Å². The molecular weight excluding hydrogens is 264 g/mol. The van der Waals surface area contributed by atoms with E-state index in [1.807, 2.05) is 13.0 Å². The number of nitrogens with zero attached hydrogens (tertiary/aromatic N) is 3. The van der Waals surface area contributed by atoms with E-state index in [2.05, 4.69) is 21.7 Å². The molecule has 1 aromatic rings. The van der Waals surface area contributed by atoms with Crippen molar-refractivity contribution in [2.75, 3.05) is 24.5 Å². The number of hydrogen-bond acceptors (Lipinski definition) is 4. The first-order chi connectivity index (χ1) is 10.1. The Morgan fingerprint density at radius 3 is 2.76 bits per heavy atom. The minimum atomic E-state index is -0.406. The number of aryl methyl sites for hydroxylation is 1. The van der Waals surface area contributed by atoms with E-state index < -0.39 is 5.91 Å². The average molecular weight is 288 g/mol. The summed E-state index contributed by atoms with van der Waals surface area (Å²) in [6.07, 6.45) is 3.84. The van der Waals surface area contributed by atoms with Gasteiger partial charge in [0.1, 0.15) is 5.82 Å². The third-order valence-electron chi connectivity index (χ3n) is 4.90. The number of amides is 1. The molecule has 0 aromatic carbocycles. The van der Waals surface area contributed by atoms with Gasteiger partial charge in [0, 0.05) is 25.2 Å². The zero-order chi connectivity index (χ0) is 15.0. The van der Waals surface area contributed by atoms with Crippen LogP contribution in [0.2, 0.25) is 0 Å². The molecule has 1 amide bonds. The molecule has 114 valence electrons. The fraction of sp³-hybridized carbons (Fsp3) is 0.625. The number of carbonyl (C=O) groups excluding carboxylic acids is 1. The fourth-order valence-corrected chi connectivity index (χ4v) is 3.70. The van der Waals surface area contributed by atoms with Crippen molar-refractivity contribution in [3.8, 4) is 0 Å². The molecule has 0 aliphatic carbocycles. The molecule has 5 nitrogen and oxygen atoms in total. The van der Waals surface area contributed by atoms with Gasteiger partial charge < -0.3 is 10.6 Å². The van der Waals surface area contributed by atoms with Crippen LogP contribution < -0.4 is 10.6 Å². The molecule has 0 radical (unpaired) electrons. The second kappa shape index (κ2) is 5.64. The van der Waals surface area contributed by atoms with Crippen molar-refractivity contribution in [1.82, 2.24) is 9.88 Å². The quantitative estimate of drug-likeness (QED) is 0.916. The second-order valence-corrected chi connectivity index (χ2v) is 6.28. The van der Waals surface area contributed by atoms with Crippen LogP contribution >= 0.6 is 0 Å². The van der Waals surface area contributed by atoms with Gasteiger partial charge in [-0.3, -0.25) is 9.69 Å². The van der Waals surface area contributed by atoms with E-state index in [1.165, 1.54) is 25.8 Å². The van der Waals surface area contributed by atoms with E-state index in [1.54, 1.807) is 6.07 Å². The smallest absolute Gasteiger partial charge is 0.250 e. The molecule has 0 saturated carbocycles. The van der Waals surface area contributed by atoms with Crippen LogP contribution in [0, 0.1) is 6.92 Å². The largest absolute Gasteiger partial charge is 0.366 e. The molecule has 2 saturated heterocycles. The molecule has 3 rings (SSSR count). The number of anilines is 1. The molecule has 2 aliphatic rings. The van der Waals surface area contributed by atoms with E-state index in [-0.39, 0.29) is 0 Å². The molecule has 2 fully saturated rings. The third-order valence-corrected chi connectivity index (χ3v) is 4.90. The maximum absolute atomic E-state index is 11.3. The highest BCUT2D eigenvalue weighted by molar-refractivity contribution is 5.94. The van der Waals surface area contributed by atoms with Crippen molar-refractivity contribution in [3.05, 3.63) is 23.4 Å². The van der Waals surface area contributed by atoms with Crippen LogP contribution in [-0.4, -0.2) is 47.5 Å². The minimum absolute atomic E-state index is 0.406. The van der Waals surface area contributed by atoms with Crippen LogP contribution in [-0.2, 0) is 0 Å². The van der Waals surface area contributed by atoms with Gasteiger partial charge >= 0.3 is 0 Å². The number of aromatic nitrogens is 1. The Hall–Kier alpha value is -1.62. The average Bonchev–Trinajstić information content (AvgIpc) is 3.06. The first-order valence-corrected chi connectivity index (χ1v) is 7.84. The van der Waals surface area contributed by atoms with Gasteiger partial charge in [-0.1, -0.05) is 0 Å². The van der Waals surface area contributed by atoms with Crippen molar-refractivity contribution in [3.63, 3.8) is 0 Å². The number of nitrogens with two attached hydrogens (primary N) is 1. The highest BCUT2D eigenvalue weighted by Gasteiger charge is 2.33. The van der Waals surface area contributed by atoms with E-state index in [9.17, 15) is 4.79 Å². The Kier molecular flexibility index (Phi) is 3.85. The Labute approximate surface area is 126 Å². The zero-order valence-corrected chi connectivity index (χ0v) is 12.9. The second-order valence-electron chi connectivity index (χ2n) is 6.28. The molecular formula is C16H24N4O. The zero-order valence-electron chi connectivity index (χ0n) is 12.9. The summed E-state index contributed by atoms with van der Waals surface area (Å²) in [4.78, 5) is 20.8. The third kappa shape index (κ3) is 2.75. The molecule has 1 aromatic heterocycles. The van der Waals surface area contributed by atoms with Crippen LogP contribution in [0.1, 0.15) is 42.2 Å². The van der Waals surface area contributed by atoms with Crippen LogP contribution in [0.15, 0.2) is 12.1 Å². The van der Waals surface area contributed by atoms with Gasteiger partial charge in [0.05, 0.1) is 11.3 Å². The summed E-state index contributed by atoms with van der Waals surface area (Å²) in [5.41, 5.74) is 6.58. The van der Waals surface area contributed by atoms with Crippen LogP contribution in [0.5, 0.6) is 0 Å². The molecule has 0 bridgehead atoms. The standard InChI is InChI=1S/C16H24N4O/c1-11-4-3-8-20(11)13-7-9-19(10-13)15-6-5-14(16(17)21)12(2)18-15/h5-6,11,13H,3-4,7-10H2,1-2H3,(H2,17,21)/t11-,13+/m0/s1. The molecule has 2 aliphatic heterocycles. The molecule has 3 heterocycles. The van der Waals surface area contributed by atoms with E-state index in [4.69, 9.17) is 5.73 Å². The maximum Gasteiger partial charge on any atom is 0.250 e. The van der Waals surface area contributed by atoms with E-state index in [0.717, 1.165) is 24.6 Å². The maximum atomic E-state index is 11.3. The summed E-state index contributed by atoms with van der Waals surface area (Å²) in [7, 11) is 0. The van der Waals surface area contributed by atoms with Crippen molar-refractivity contribution < 1.29 is 4.79 Å². The lowest BCUT2D eigenvalue weighted by atomic mass is 10.2. The topological polar surface area (TPSA) is 62.5 Å². The number of hydrogen-bond donors (Lipinski definition) is 1. The number of primary amides is 1.